The summed E-state index contributed by atoms with van der Waals surface area (Å²) in [5, 5.41) is 13.2. The van der Waals surface area contributed by atoms with Crippen molar-refractivity contribution in [1.82, 2.24) is 15.3 Å². The van der Waals surface area contributed by atoms with Gasteiger partial charge in [0.15, 0.2) is 5.76 Å². The Bertz CT molecular complexity index is 1570. The number of fused-ring (bicyclic) bond motifs is 2. The predicted octanol–water partition coefficient (Wildman–Crippen LogP) is 5.05. The van der Waals surface area contributed by atoms with Crippen molar-refractivity contribution >= 4 is 27.9 Å². The lowest BCUT2D eigenvalue weighted by atomic mass is 9.92. The van der Waals surface area contributed by atoms with Crippen LogP contribution in [-0.4, -0.2) is 27.3 Å². The van der Waals surface area contributed by atoms with Crippen LogP contribution in [0.4, 0.5) is 0 Å². The van der Waals surface area contributed by atoms with Crippen molar-refractivity contribution in [2.45, 2.75) is 38.4 Å². The first kappa shape index (κ1) is 24.0. The Hall–Kier alpha value is -4.40. The molecule has 8 nitrogen and oxygen atoms in total. The Morgan fingerprint density at radius 3 is 2.68 bits per heavy atom. The molecule has 0 radical (unpaired) electrons. The fourth-order valence-corrected chi connectivity index (χ4v) is 4.69. The van der Waals surface area contributed by atoms with E-state index < -0.39 is 6.29 Å². The maximum atomic E-state index is 13.2. The highest BCUT2D eigenvalue weighted by Gasteiger charge is 2.30. The van der Waals surface area contributed by atoms with Gasteiger partial charge in [-0.05, 0) is 35.4 Å². The molecule has 8 heteroatoms. The first-order chi connectivity index (χ1) is 18.7. The van der Waals surface area contributed by atoms with Gasteiger partial charge < -0.3 is 29.3 Å². The van der Waals surface area contributed by atoms with Crippen LogP contribution < -0.4 is 5.32 Å². The van der Waals surface area contributed by atoms with Crippen LogP contribution in [0.5, 0.6) is 0 Å². The number of carbonyl (C=O) groups is 1. The second-order valence-electron chi connectivity index (χ2n) is 9.28. The number of benzene rings is 3. The van der Waals surface area contributed by atoms with Gasteiger partial charge in [0.1, 0.15) is 11.4 Å². The van der Waals surface area contributed by atoms with Crippen LogP contribution in [0, 0.1) is 0 Å². The van der Waals surface area contributed by atoms with E-state index in [0.717, 1.165) is 38.7 Å². The number of hydrogen-bond donors (Lipinski definition) is 3. The van der Waals surface area contributed by atoms with E-state index >= 15 is 0 Å². The first-order valence-corrected chi connectivity index (χ1v) is 12.5. The number of nitrogens with zero attached hydrogens (tertiary/aromatic N) is 1. The number of hydrogen-bond acceptors (Lipinski definition) is 6. The number of H-pyrrole nitrogens is 1. The molecular formula is C30H27N3O5. The molecule has 2 atom stereocenters. The molecule has 5 aromatic rings. The summed E-state index contributed by atoms with van der Waals surface area (Å²) in [7, 11) is 0. The molecule has 38 heavy (non-hydrogen) atoms. The van der Waals surface area contributed by atoms with Gasteiger partial charge in [0, 0.05) is 23.3 Å². The number of rotatable bonds is 8. The second-order valence-corrected chi connectivity index (χ2v) is 9.28. The smallest absolute Gasteiger partial charge is 0.286 e. The third-order valence-corrected chi connectivity index (χ3v) is 6.69. The minimum absolute atomic E-state index is 0.00942. The molecule has 2 aromatic heterocycles. The number of imidazole rings is 1. The molecule has 1 amide bonds. The summed E-state index contributed by atoms with van der Waals surface area (Å²) < 4.78 is 17.9. The lowest BCUT2D eigenvalue weighted by Gasteiger charge is -2.29. The molecule has 1 aliphatic heterocycles. The molecule has 0 aliphatic carbocycles. The largest absolute Gasteiger partial charge is 0.464 e. The summed E-state index contributed by atoms with van der Waals surface area (Å²) in [6.45, 7) is 0.532. The van der Waals surface area contributed by atoms with Crippen LogP contribution in [0.1, 0.15) is 34.9 Å². The van der Waals surface area contributed by atoms with Crippen molar-refractivity contribution < 1.29 is 23.8 Å². The van der Waals surface area contributed by atoms with Gasteiger partial charge in [0.2, 0.25) is 6.29 Å². The molecule has 0 spiro atoms. The van der Waals surface area contributed by atoms with Gasteiger partial charge in [-0.1, -0.05) is 54.6 Å². The molecule has 3 aromatic carbocycles. The van der Waals surface area contributed by atoms with Crippen LogP contribution in [-0.2, 0) is 34.0 Å². The molecule has 1 aliphatic rings. The van der Waals surface area contributed by atoms with Gasteiger partial charge in [-0.3, -0.25) is 4.79 Å². The van der Waals surface area contributed by atoms with Crippen LogP contribution in [0.25, 0.3) is 22.0 Å². The minimum Gasteiger partial charge on any atom is -0.464 e. The van der Waals surface area contributed by atoms with Gasteiger partial charge in [0.05, 0.1) is 37.1 Å². The Kier molecular flexibility index (Phi) is 6.64. The maximum absolute atomic E-state index is 13.2. The van der Waals surface area contributed by atoms with Crippen molar-refractivity contribution in [3.8, 4) is 0 Å². The normalized spacial score (nSPS) is 17.3. The zero-order valence-corrected chi connectivity index (χ0v) is 20.6. The van der Waals surface area contributed by atoms with E-state index in [0.29, 0.717) is 18.9 Å². The molecule has 192 valence electrons. The topological polar surface area (TPSA) is 110 Å². The van der Waals surface area contributed by atoms with Gasteiger partial charge in [-0.2, -0.15) is 0 Å². The molecule has 0 unspecified atom stereocenters. The Morgan fingerprint density at radius 1 is 1.05 bits per heavy atom. The van der Waals surface area contributed by atoms with Crippen molar-refractivity contribution in [3.63, 3.8) is 0 Å². The zero-order chi connectivity index (χ0) is 25.9. The third-order valence-electron chi connectivity index (χ3n) is 6.69. The number of furan rings is 1. The average molecular weight is 510 g/mol. The van der Waals surface area contributed by atoms with Crippen molar-refractivity contribution in [3.05, 3.63) is 113 Å². The van der Waals surface area contributed by atoms with E-state index in [4.69, 9.17) is 13.9 Å². The number of amides is 1. The molecule has 3 N–H and O–H groups in total. The number of aliphatic hydroxyl groups excluding tert-OH is 1. The number of aromatic amines is 1. The number of allylic oxidation sites excluding steroid dienone is 1. The summed E-state index contributed by atoms with van der Waals surface area (Å²) >= 11 is 0. The monoisotopic (exact) mass is 509 g/mol. The lowest BCUT2D eigenvalue weighted by molar-refractivity contribution is -0.150. The van der Waals surface area contributed by atoms with Crippen molar-refractivity contribution in [2.75, 3.05) is 0 Å². The fraction of sp³-hybridized carbons (Fsp3) is 0.200. The van der Waals surface area contributed by atoms with E-state index in [1.54, 1.807) is 6.26 Å². The summed E-state index contributed by atoms with van der Waals surface area (Å²) in [5.74, 6) is 0.376. The highest BCUT2D eigenvalue weighted by Crippen LogP contribution is 2.36. The molecule has 3 heterocycles. The number of aromatic nitrogens is 2. The standard InChI is InChI=1S/C30H27N3O5/c34-16-19-9-11-20(12-10-19)17-37-29-14-21(23-18-36-26-8-4-1-5-22(23)26)13-27(38-29)30(35)31-15-28-32-24-6-2-3-7-25(24)33-28/h1-13,18,21,29,34H,14-17H2,(H,31,35)(H,32,33)/t21-,29+/m1/s1. The summed E-state index contributed by atoms with van der Waals surface area (Å²) in [4.78, 5) is 21.0. The van der Waals surface area contributed by atoms with Gasteiger partial charge in [-0.15, -0.1) is 0 Å². The van der Waals surface area contributed by atoms with E-state index in [1.807, 2.05) is 78.9 Å². The summed E-state index contributed by atoms with van der Waals surface area (Å²) in [5.41, 5.74) is 5.31. The predicted molar refractivity (Wildman–Crippen MR) is 142 cm³/mol. The number of carbonyl (C=O) groups excluding carboxylic acids is 1. The summed E-state index contributed by atoms with van der Waals surface area (Å²) in [6.07, 6.45) is 3.47. The van der Waals surface area contributed by atoms with E-state index in [9.17, 15) is 9.90 Å². The zero-order valence-electron chi connectivity index (χ0n) is 20.6. The third kappa shape index (κ3) is 5.04. The molecule has 0 saturated carbocycles. The maximum Gasteiger partial charge on any atom is 0.286 e. The van der Waals surface area contributed by atoms with E-state index in [-0.39, 0.29) is 30.7 Å². The minimum atomic E-state index is -0.636. The second kappa shape index (κ2) is 10.5. The number of para-hydroxylation sites is 3. The van der Waals surface area contributed by atoms with E-state index in [2.05, 4.69) is 15.3 Å². The van der Waals surface area contributed by atoms with Gasteiger partial charge in [0.25, 0.3) is 5.91 Å². The fourth-order valence-electron chi connectivity index (χ4n) is 4.69. The van der Waals surface area contributed by atoms with E-state index in [1.165, 1.54) is 0 Å². The van der Waals surface area contributed by atoms with Crippen LogP contribution >= 0.6 is 0 Å². The molecule has 6 rings (SSSR count). The van der Waals surface area contributed by atoms with Crippen molar-refractivity contribution in [2.24, 2.45) is 0 Å². The highest BCUT2D eigenvalue weighted by atomic mass is 16.7. The number of nitrogens with one attached hydrogen (secondary N) is 2. The highest BCUT2D eigenvalue weighted by molar-refractivity contribution is 5.92. The Morgan fingerprint density at radius 2 is 1.84 bits per heavy atom. The van der Waals surface area contributed by atoms with Crippen LogP contribution in [0.2, 0.25) is 0 Å². The van der Waals surface area contributed by atoms with Gasteiger partial charge in [-0.25, -0.2) is 4.98 Å². The van der Waals surface area contributed by atoms with Crippen LogP contribution in [0.15, 0.2) is 95.3 Å². The molecule has 0 saturated heterocycles. The Balaban J connectivity index is 1.21. The first-order valence-electron chi connectivity index (χ1n) is 12.5. The number of aliphatic hydroxyl groups is 1. The SMILES string of the molecule is O=C(NCc1nc2ccccc2[nH]1)C1=C[C@@H](c2coc3ccccc23)C[C@@H](OCc2ccc(CO)cc2)O1. The average Bonchev–Trinajstić information content (AvgIpc) is 3.59. The lowest BCUT2D eigenvalue weighted by Crippen LogP contribution is -2.32. The molecular weight excluding hydrogens is 482 g/mol. The number of ether oxygens (including phenoxy) is 2. The summed E-state index contributed by atoms with van der Waals surface area (Å²) in [6, 6.07) is 23.1. The van der Waals surface area contributed by atoms with Crippen molar-refractivity contribution in [1.29, 1.82) is 0 Å². The van der Waals surface area contributed by atoms with Crippen LogP contribution in [0.3, 0.4) is 0 Å². The van der Waals surface area contributed by atoms with Gasteiger partial charge >= 0.3 is 0 Å². The molecule has 0 bridgehead atoms. The Labute approximate surface area is 218 Å². The quantitative estimate of drug-likeness (QED) is 0.270. The molecule has 0 fully saturated rings.